The number of rotatable bonds is 3. The van der Waals surface area contributed by atoms with E-state index in [9.17, 15) is 8.42 Å². The summed E-state index contributed by atoms with van der Waals surface area (Å²) < 4.78 is 23.8. The van der Waals surface area contributed by atoms with Crippen LogP contribution in [0.2, 0.25) is 0 Å². The summed E-state index contributed by atoms with van der Waals surface area (Å²) in [6.07, 6.45) is 8.65. The number of hydrogen-bond acceptors (Lipinski definition) is 7. The van der Waals surface area contributed by atoms with Crippen LogP contribution in [-0.2, 0) is 22.7 Å². The Bertz CT molecular complexity index is 1110. The minimum absolute atomic E-state index is 0.0889. The van der Waals surface area contributed by atoms with Crippen LogP contribution in [0.5, 0.6) is 0 Å². The van der Waals surface area contributed by atoms with Gasteiger partial charge in [0.05, 0.1) is 16.9 Å². The lowest BCUT2D eigenvalue weighted by Crippen LogP contribution is -2.21. The Morgan fingerprint density at radius 2 is 2.07 bits per heavy atom. The molecule has 4 heterocycles. The number of aromatic nitrogens is 3. The highest BCUT2D eigenvalue weighted by molar-refractivity contribution is 7.91. The van der Waals surface area contributed by atoms with E-state index in [0.29, 0.717) is 12.2 Å². The standard InChI is InChI=1S/C19H20N4O2S2/c24-27(25)9-7-13(11-27)21-18-16-14-5-1-2-6-15(14)26-19(16)23-17(22-18)12-4-3-8-20-10-12/h3-4,8,10,13H,1-2,5-7,9,11H2,(H,21,22,23)/t13-/m0/s1. The van der Waals surface area contributed by atoms with Crippen LogP contribution in [0.25, 0.3) is 21.6 Å². The number of thiophene rings is 1. The van der Waals surface area contributed by atoms with Crippen molar-refractivity contribution in [2.24, 2.45) is 0 Å². The summed E-state index contributed by atoms with van der Waals surface area (Å²) in [5, 5.41) is 4.53. The quantitative estimate of drug-likeness (QED) is 0.727. The van der Waals surface area contributed by atoms with Gasteiger partial charge >= 0.3 is 0 Å². The first kappa shape index (κ1) is 17.1. The van der Waals surface area contributed by atoms with Gasteiger partial charge in [0.15, 0.2) is 15.7 Å². The maximum absolute atomic E-state index is 11.9. The molecule has 0 amide bonds. The van der Waals surface area contributed by atoms with Crippen molar-refractivity contribution in [1.29, 1.82) is 0 Å². The molecule has 0 spiro atoms. The normalized spacial score (nSPS) is 21.3. The van der Waals surface area contributed by atoms with Crippen molar-refractivity contribution < 1.29 is 8.42 Å². The Labute approximate surface area is 162 Å². The van der Waals surface area contributed by atoms with Crippen LogP contribution in [0.4, 0.5) is 5.82 Å². The first-order valence-electron chi connectivity index (χ1n) is 9.29. The minimum atomic E-state index is -2.95. The van der Waals surface area contributed by atoms with E-state index < -0.39 is 9.84 Å². The largest absolute Gasteiger partial charge is 0.366 e. The monoisotopic (exact) mass is 400 g/mol. The summed E-state index contributed by atoms with van der Waals surface area (Å²) >= 11 is 1.75. The molecule has 1 fully saturated rings. The molecule has 140 valence electrons. The Morgan fingerprint density at radius 1 is 1.19 bits per heavy atom. The minimum Gasteiger partial charge on any atom is -0.366 e. The van der Waals surface area contributed by atoms with E-state index in [-0.39, 0.29) is 17.5 Å². The lowest BCUT2D eigenvalue weighted by atomic mass is 9.97. The average Bonchev–Trinajstić information content (AvgIpc) is 3.21. The number of nitrogens with zero attached hydrogens (tertiary/aromatic N) is 3. The molecule has 0 unspecified atom stereocenters. The number of sulfone groups is 1. The van der Waals surface area contributed by atoms with Crippen molar-refractivity contribution in [1.82, 2.24) is 15.0 Å². The third-order valence-corrected chi connectivity index (χ3v) is 8.26. The maximum Gasteiger partial charge on any atom is 0.164 e. The molecule has 1 saturated heterocycles. The zero-order chi connectivity index (χ0) is 18.4. The van der Waals surface area contributed by atoms with Crippen molar-refractivity contribution in [2.75, 3.05) is 16.8 Å². The van der Waals surface area contributed by atoms with Crippen LogP contribution < -0.4 is 5.32 Å². The van der Waals surface area contributed by atoms with Crippen LogP contribution in [0.3, 0.4) is 0 Å². The molecule has 6 nitrogen and oxygen atoms in total. The van der Waals surface area contributed by atoms with Gasteiger partial charge in [-0.05, 0) is 49.8 Å². The van der Waals surface area contributed by atoms with Gasteiger partial charge in [0, 0.05) is 28.9 Å². The fraction of sp³-hybridized carbons (Fsp3) is 0.421. The molecule has 0 bridgehead atoms. The maximum atomic E-state index is 11.9. The Hall–Kier alpha value is -2.06. The predicted molar refractivity (Wildman–Crippen MR) is 108 cm³/mol. The van der Waals surface area contributed by atoms with Gasteiger partial charge in [0.1, 0.15) is 10.6 Å². The van der Waals surface area contributed by atoms with Crippen LogP contribution in [0, 0.1) is 0 Å². The second-order valence-electron chi connectivity index (χ2n) is 7.27. The lowest BCUT2D eigenvalue weighted by molar-refractivity contribution is 0.602. The molecule has 1 aliphatic heterocycles. The summed E-state index contributed by atoms with van der Waals surface area (Å²) in [6, 6.07) is 3.73. The molecule has 3 aromatic rings. The van der Waals surface area contributed by atoms with Gasteiger partial charge in [-0.15, -0.1) is 11.3 Å². The second kappa shape index (κ2) is 6.53. The van der Waals surface area contributed by atoms with Gasteiger partial charge < -0.3 is 5.32 Å². The van der Waals surface area contributed by atoms with E-state index >= 15 is 0 Å². The third-order valence-electron chi connectivity index (χ3n) is 5.31. The van der Waals surface area contributed by atoms with E-state index in [1.54, 1.807) is 23.7 Å². The molecular weight excluding hydrogens is 380 g/mol. The van der Waals surface area contributed by atoms with Gasteiger partial charge in [-0.2, -0.15) is 0 Å². The molecule has 1 N–H and O–H groups in total. The molecule has 1 atom stereocenters. The molecule has 27 heavy (non-hydrogen) atoms. The molecule has 5 rings (SSSR count). The zero-order valence-electron chi connectivity index (χ0n) is 14.8. The Balaban J connectivity index is 1.65. The molecular formula is C19H20N4O2S2. The van der Waals surface area contributed by atoms with Gasteiger partial charge in [0.2, 0.25) is 0 Å². The smallest absolute Gasteiger partial charge is 0.164 e. The average molecular weight is 401 g/mol. The summed E-state index contributed by atoms with van der Waals surface area (Å²) in [4.78, 5) is 16.2. The van der Waals surface area contributed by atoms with Gasteiger partial charge in [0.25, 0.3) is 0 Å². The molecule has 0 radical (unpaired) electrons. The topological polar surface area (TPSA) is 84.8 Å². The van der Waals surface area contributed by atoms with Gasteiger partial charge in [-0.3, -0.25) is 4.98 Å². The van der Waals surface area contributed by atoms with Crippen LogP contribution >= 0.6 is 11.3 Å². The zero-order valence-corrected chi connectivity index (χ0v) is 16.4. The highest BCUT2D eigenvalue weighted by Crippen LogP contribution is 2.40. The van der Waals surface area contributed by atoms with Crippen LogP contribution in [0.15, 0.2) is 24.5 Å². The Morgan fingerprint density at radius 3 is 2.85 bits per heavy atom. The fourth-order valence-electron chi connectivity index (χ4n) is 3.99. The fourth-order valence-corrected chi connectivity index (χ4v) is 6.92. The van der Waals surface area contributed by atoms with E-state index in [1.165, 1.54) is 23.3 Å². The molecule has 2 aliphatic rings. The Kier molecular flexibility index (Phi) is 4.12. The van der Waals surface area contributed by atoms with Crippen LogP contribution in [-0.4, -0.2) is 40.9 Å². The number of pyridine rings is 1. The summed E-state index contributed by atoms with van der Waals surface area (Å²) in [5.74, 6) is 1.83. The highest BCUT2D eigenvalue weighted by Gasteiger charge is 2.30. The lowest BCUT2D eigenvalue weighted by Gasteiger charge is -2.16. The molecule has 8 heteroatoms. The number of hydrogen-bond donors (Lipinski definition) is 1. The van der Waals surface area contributed by atoms with Gasteiger partial charge in [-0.25, -0.2) is 18.4 Å². The molecule has 1 aliphatic carbocycles. The highest BCUT2D eigenvalue weighted by atomic mass is 32.2. The number of anilines is 1. The van der Waals surface area contributed by atoms with E-state index in [4.69, 9.17) is 9.97 Å². The van der Waals surface area contributed by atoms with Crippen LogP contribution in [0.1, 0.15) is 29.7 Å². The summed E-state index contributed by atoms with van der Waals surface area (Å²) in [5.41, 5.74) is 2.22. The predicted octanol–water partition coefficient (Wildman–Crippen LogP) is 3.23. The van der Waals surface area contributed by atoms with Crippen molar-refractivity contribution in [3.8, 4) is 11.4 Å². The van der Waals surface area contributed by atoms with Gasteiger partial charge in [-0.1, -0.05) is 0 Å². The van der Waals surface area contributed by atoms with E-state index in [1.807, 2.05) is 12.1 Å². The first-order chi connectivity index (χ1) is 13.1. The van der Waals surface area contributed by atoms with E-state index in [2.05, 4.69) is 10.3 Å². The number of nitrogens with one attached hydrogen (secondary N) is 1. The number of aryl methyl sites for hydroxylation is 2. The molecule has 0 aromatic carbocycles. The van der Waals surface area contributed by atoms with E-state index in [0.717, 1.165) is 34.4 Å². The van der Waals surface area contributed by atoms with Crippen molar-refractivity contribution in [3.05, 3.63) is 35.0 Å². The third kappa shape index (κ3) is 3.21. The summed E-state index contributed by atoms with van der Waals surface area (Å²) in [7, 11) is -2.95. The van der Waals surface area contributed by atoms with Crippen molar-refractivity contribution in [2.45, 2.75) is 38.1 Å². The second-order valence-corrected chi connectivity index (χ2v) is 10.6. The SMILES string of the molecule is O=S1(=O)CC[C@H](Nc2nc(-c3cccnc3)nc3sc4c(c23)CCCC4)C1. The summed E-state index contributed by atoms with van der Waals surface area (Å²) in [6.45, 7) is 0. The van der Waals surface area contributed by atoms with Crippen molar-refractivity contribution in [3.63, 3.8) is 0 Å². The first-order valence-corrected chi connectivity index (χ1v) is 11.9. The van der Waals surface area contributed by atoms with Crippen molar-refractivity contribution >= 4 is 37.2 Å². The molecule has 0 saturated carbocycles. The number of fused-ring (bicyclic) bond motifs is 3. The molecule has 3 aromatic heterocycles.